The molecule has 1 aliphatic carbocycles. The summed E-state index contributed by atoms with van der Waals surface area (Å²) in [6.07, 6.45) is 1.56. The highest BCUT2D eigenvalue weighted by Gasteiger charge is 2.45. The number of aliphatic hydroxyl groups is 1. The predicted molar refractivity (Wildman–Crippen MR) is 140 cm³/mol. The number of alkyl carbamates (subject to hydrolysis) is 1. The van der Waals surface area contributed by atoms with Crippen LogP contribution >= 0.6 is 0 Å². The molecule has 3 fully saturated rings. The molecule has 5 rings (SSSR count). The van der Waals surface area contributed by atoms with Crippen molar-refractivity contribution in [1.29, 1.82) is 0 Å². The third-order valence-electron chi connectivity index (χ3n) is 7.57. The van der Waals surface area contributed by atoms with Crippen LogP contribution in [0.2, 0.25) is 0 Å². The average Bonchev–Trinajstić information content (AvgIpc) is 3.32. The van der Waals surface area contributed by atoms with Gasteiger partial charge in [-0.3, -0.25) is 0 Å². The largest absolute Gasteiger partial charge is 0.444 e. The molecule has 206 valence electrons. The Labute approximate surface area is 222 Å². The predicted octanol–water partition coefficient (Wildman–Crippen LogP) is 4.02. The fraction of sp³-hybridized carbons (Fsp3) is 0.552. The normalized spacial score (nSPS) is 23.3. The van der Waals surface area contributed by atoms with Gasteiger partial charge in [0.1, 0.15) is 17.2 Å². The number of nitrogens with zero attached hydrogens (tertiary/aromatic N) is 1. The third kappa shape index (κ3) is 6.27. The van der Waals surface area contributed by atoms with Gasteiger partial charge in [-0.05, 0) is 81.8 Å². The molecule has 2 saturated heterocycles. The van der Waals surface area contributed by atoms with Crippen molar-refractivity contribution in [3.63, 3.8) is 0 Å². The van der Waals surface area contributed by atoms with Gasteiger partial charge in [0.25, 0.3) is 0 Å². The van der Waals surface area contributed by atoms with E-state index in [0.29, 0.717) is 17.7 Å². The number of aliphatic hydroxyl groups excluding tert-OH is 1. The van der Waals surface area contributed by atoms with Gasteiger partial charge in [-0.1, -0.05) is 12.1 Å². The Kier molecular flexibility index (Phi) is 7.37. The number of hydrogen-bond donors (Lipinski definition) is 3. The van der Waals surface area contributed by atoms with Crippen molar-refractivity contribution in [3.8, 4) is 0 Å². The van der Waals surface area contributed by atoms with Gasteiger partial charge < -0.3 is 30.1 Å². The topological polar surface area (TPSA) is 83.1 Å². The fourth-order valence-corrected chi connectivity index (χ4v) is 5.56. The molecule has 7 nitrogen and oxygen atoms in total. The number of carbonyl (C=O) groups is 1. The van der Waals surface area contributed by atoms with Crippen LogP contribution in [0, 0.1) is 11.6 Å². The molecule has 3 aliphatic rings. The molecular formula is C29H37F2N3O4. The first-order valence-corrected chi connectivity index (χ1v) is 13.4. The number of anilines is 1. The van der Waals surface area contributed by atoms with Gasteiger partial charge in [-0.25, -0.2) is 13.6 Å². The van der Waals surface area contributed by atoms with Crippen LogP contribution in [0.5, 0.6) is 0 Å². The molecule has 1 amide bonds. The van der Waals surface area contributed by atoms with Crippen LogP contribution < -0.4 is 15.5 Å². The summed E-state index contributed by atoms with van der Waals surface area (Å²) in [6, 6.07) is 11.3. The van der Waals surface area contributed by atoms with Crippen LogP contribution in [0.4, 0.5) is 19.3 Å². The minimum absolute atomic E-state index is 0.0405. The first kappa shape index (κ1) is 26.8. The van der Waals surface area contributed by atoms with E-state index in [9.17, 15) is 18.7 Å². The maximum absolute atomic E-state index is 13.8. The fourth-order valence-electron chi connectivity index (χ4n) is 5.56. The monoisotopic (exact) mass is 529 g/mol. The van der Waals surface area contributed by atoms with E-state index < -0.39 is 35.5 Å². The molecule has 0 spiro atoms. The Hall–Kier alpha value is -2.75. The molecule has 4 atom stereocenters. The molecule has 1 saturated carbocycles. The maximum atomic E-state index is 13.8. The smallest absolute Gasteiger partial charge is 0.407 e. The van der Waals surface area contributed by atoms with Gasteiger partial charge in [0.15, 0.2) is 0 Å². The molecule has 2 aliphatic heterocycles. The summed E-state index contributed by atoms with van der Waals surface area (Å²) in [7, 11) is 0. The summed E-state index contributed by atoms with van der Waals surface area (Å²) in [4.78, 5) is 14.9. The summed E-state index contributed by atoms with van der Waals surface area (Å²) < 4.78 is 38.8. The number of benzene rings is 2. The molecule has 2 heterocycles. The minimum atomic E-state index is -1.03. The number of fused-ring (bicyclic) bond motifs is 2. The van der Waals surface area contributed by atoms with Crippen LogP contribution in [0.15, 0.2) is 42.5 Å². The zero-order valence-electron chi connectivity index (χ0n) is 22.2. The lowest BCUT2D eigenvalue weighted by molar-refractivity contribution is 0.0419. The number of carbonyl (C=O) groups excluding carboxylic acids is 1. The van der Waals surface area contributed by atoms with Crippen molar-refractivity contribution in [3.05, 3.63) is 65.2 Å². The zero-order chi connectivity index (χ0) is 27.1. The Morgan fingerprint density at radius 3 is 2.55 bits per heavy atom. The zero-order valence-corrected chi connectivity index (χ0v) is 22.2. The van der Waals surface area contributed by atoms with E-state index in [-0.39, 0.29) is 18.5 Å². The highest BCUT2D eigenvalue weighted by molar-refractivity contribution is 5.68. The van der Waals surface area contributed by atoms with Crippen LogP contribution in [0.1, 0.15) is 51.2 Å². The van der Waals surface area contributed by atoms with Crippen molar-refractivity contribution < 1.29 is 28.2 Å². The molecular weight excluding hydrogens is 492 g/mol. The van der Waals surface area contributed by atoms with E-state index in [0.717, 1.165) is 44.0 Å². The molecule has 2 aromatic carbocycles. The summed E-state index contributed by atoms with van der Waals surface area (Å²) >= 11 is 0. The molecule has 38 heavy (non-hydrogen) atoms. The highest BCUT2D eigenvalue weighted by Crippen LogP contribution is 2.46. The third-order valence-corrected chi connectivity index (χ3v) is 7.57. The lowest BCUT2D eigenvalue weighted by Gasteiger charge is -2.31. The first-order chi connectivity index (χ1) is 18.0. The number of nitrogens with one attached hydrogen (secondary N) is 2. The Morgan fingerprint density at radius 2 is 1.95 bits per heavy atom. The van der Waals surface area contributed by atoms with Crippen LogP contribution in [0.3, 0.4) is 0 Å². The van der Waals surface area contributed by atoms with E-state index in [1.54, 1.807) is 20.8 Å². The van der Waals surface area contributed by atoms with Gasteiger partial charge in [0.2, 0.25) is 0 Å². The molecule has 0 aromatic heterocycles. The van der Waals surface area contributed by atoms with Gasteiger partial charge in [0, 0.05) is 30.4 Å². The van der Waals surface area contributed by atoms with Crippen molar-refractivity contribution in [2.45, 2.75) is 81.9 Å². The van der Waals surface area contributed by atoms with E-state index in [2.05, 4.69) is 39.8 Å². The number of rotatable bonds is 9. The standard InChI is InChI=1S/C29H37F2N3O4/c1-28(2,3)38-27(36)33-25(11-18-9-20(30)13-21(31)10-18)26(35)15-32-29(7-8-29)19-5-4-6-22(12-19)34-16-24-14-23(34)17-37-24/h4-6,9-10,12-13,23-26,32,35H,7-8,11,14-17H2,1-3H3,(H,33,36). The summed E-state index contributed by atoms with van der Waals surface area (Å²) in [5.74, 6) is -1.42. The maximum Gasteiger partial charge on any atom is 0.407 e. The van der Waals surface area contributed by atoms with E-state index in [1.165, 1.54) is 17.8 Å². The number of ether oxygens (including phenoxy) is 2. The second-order valence-electron chi connectivity index (χ2n) is 11.8. The average molecular weight is 530 g/mol. The number of hydrogen-bond acceptors (Lipinski definition) is 6. The number of morpholine rings is 1. The van der Waals surface area contributed by atoms with Crippen molar-refractivity contribution in [2.24, 2.45) is 0 Å². The molecule has 2 aromatic rings. The summed E-state index contributed by atoms with van der Waals surface area (Å²) in [6.45, 7) is 7.09. The van der Waals surface area contributed by atoms with Crippen molar-refractivity contribution in [2.75, 3.05) is 24.6 Å². The second kappa shape index (κ2) is 10.4. The summed E-state index contributed by atoms with van der Waals surface area (Å²) in [5.41, 5.74) is 1.69. The van der Waals surface area contributed by atoms with Gasteiger partial charge in [0.05, 0.1) is 30.9 Å². The lowest BCUT2D eigenvalue weighted by atomic mass is 9.99. The van der Waals surface area contributed by atoms with Gasteiger partial charge in [-0.2, -0.15) is 0 Å². The van der Waals surface area contributed by atoms with Crippen LogP contribution in [-0.4, -0.2) is 60.8 Å². The lowest BCUT2D eigenvalue weighted by Crippen LogP contribution is -2.51. The van der Waals surface area contributed by atoms with Crippen molar-refractivity contribution >= 4 is 11.8 Å². The Bertz CT molecular complexity index is 1150. The molecule has 2 bridgehead atoms. The molecule has 9 heteroatoms. The second-order valence-corrected chi connectivity index (χ2v) is 11.8. The summed E-state index contributed by atoms with van der Waals surface area (Å²) in [5, 5.41) is 17.4. The van der Waals surface area contributed by atoms with E-state index in [4.69, 9.17) is 9.47 Å². The molecule has 3 N–H and O–H groups in total. The number of amides is 1. The Morgan fingerprint density at radius 1 is 1.21 bits per heavy atom. The molecule has 4 unspecified atom stereocenters. The molecule has 0 radical (unpaired) electrons. The highest BCUT2D eigenvalue weighted by atomic mass is 19.1. The van der Waals surface area contributed by atoms with Gasteiger partial charge in [-0.15, -0.1) is 0 Å². The van der Waals surface area contributed by atoms with E-state index >= 15 is 0 Å². The van der Waals surface area contributed by atoms with Crippen LogP contribution in [0.25, 0.3) is 0 Å². The van der Waals surface area contributed by atoms with Crippen molar-refractivity contribution in [1.82, 2.24) is 10.6 Å². The SMILES string of the molecule is CC(C)(C)OC(=O)NC(Cc1cc(F)cc(F)c1)C(O)CNC1(c2cccc(N3CC4CC3CO4)c2)CC1. The van der Waals surface area contributed by atoms with E-state index in [1.807, 2.05) is 0 Å². The first-order valence-electron chi connectivity index (χ1n) is 13.4. The van der Waals surface area contributed by atoms with Gasteiger partial charge >= 0.3 is 6.09 Å². The van der Waals surface area contributed by atoms with Crippen LogP contribution in [-0.2, 0) is 21.4 Å². The number of halogens is 2. The minimum Gasteiger partial charge on any atom is -0.444 e. The Balaban J connectivity index is 1.27. The quantitative estimate of drug-likeness (QED) is 0.455.